The van der Waals surface area contributed by atoms with Crippen molar-refractivity contribution in [1.82, 2.24) is 0 Å². The second-order valence-corrected chi connectivity index (χ2v) is 4.43. The third kappa shape index (κ3) is 1.79. The zero-order valence-corrected chi connectivity index (χ0v) is 9.80. The highest BCUT2D eigenvalue weighted by molar-refractivity contribution is 9.10. The highest BCUT2D eigenvalue weighted by Gasteiger charge is 2.20. The topological polar surface area (TPSA) is 21.3 Å². The Morgan fingerprint density at radius 1 is 1.57 bits per heavy atom. The molecule has 2 nitrogen and oxygen atoms in total. The number of para-hydroxylation sites is 1. The Morgan fingerprint density at radius 2 is 2.43 bits per heavy atom. The van der Waals surface area contributed by atoms with E-state index in [0.717, 1.165) is 24.0 Å². The van der Waals surface area contributed by atoms with E-state index in [-0.39, 0.29) is 0 Å². The van der Waals surface area contributed by atoms with E-state index in [1.54, 1.807) is 7.11 Å². The van der Waals surface area contributed by atoms with Gasteiger partial charge in [0.1, 0.15) is 0 Å². The maximum absolute atomic E-state index is 5.23. The van der Waals surface area contributed by atoms with Crippen molar-refractivity contribution in [2.75, 3.05) is 25.6 Å². The van der Waals surface area contributed by atoms with Crippen LogP contribution in [0, 0.1) is 0 Å². The first-order valence-corrected chi connectivity index (χ1v) is 5.63. The van der Waals surface area contributed by atoms with Gasteiger partial charge in [-0.2, -0.15) is 0 Å². The molecule has 1 aliphatic heterocycles. The van der Waals surface area contributed by atoms with Crippen LogP contribution in [0.2, 0.25) is 0 Å². The van der Waals surface area contributed by atoms with Crippen LogP contribution >= 0.6 is 15.9 Å². The van der Waals surface area contributed by atoms with Gasteiger partial charge in [0.05, 0.1) is 12.3 Å². The molecule has 3 heteroatoms. The van der Waals surface area contributed by atoms with Crippen LogP contribution in [0.4, 0.5) is 5.69 Å². The average Bonchev–Trinajstić information content (AvgIpc) is 2.20. The van der Waals surface area contributed by atoms with Gasteiger partial charge in [0, 0.05) is 24.0 Å². The molecule has 14 heavy (non-hydrogen) atoms. The van der Waals surface area contributed by atoms with E-state index in [2.05, 4.69) is 39.4 Å². The number of rotatable bonds is 2. The average molecular weight is 256 g/mol. The second-order valence-electron chi connectivity index (χ2n) is 3.57. The van der Waals surface area contributed by atoms with Crippen molar-refractivity contribution >= 4 is 21.6 Å². The highest BCUT2D eigenvalue weighted by Crippen LogP contribution is 2.36. The molecule has 0 spiro atoms. The molecule has 0 amide bonds. The van der Waals surface area contributed by atoms with Crippen LogP contribution in [0.15, 0.2) is 22.7 Å². The number of nitrogens with one attached hydrogen (secondary N) is 1. The maximum atomic E-state index is 5.23. The smallest absolute Gasteiger partial charge is 0.0532 e. The van der Waals surface area contributed by atoms with E-state index < -0.39 is 0 Å². The zero-order valence-electron chi connectivity index (χ0n) is 8.22. The summed E-state index contributed by atoms with van der Waals surface area (Å²) in [5.74, 6) is 0.536. The van der Waals surface area contributed by atoms with E-state index in [9.17, 15) is 0 Å². The molecule has 0 saturated heterocycles. The van der Waals surface area contributed by atoms with E-state index in [1.807, 2.05) is 0 Å². The first kappa shape index (κ1) is 9.99. The Balaban J connectivity index is 2.34. The largest absolute Gasteiger partial charge is 0.384 e. The molecule has 2 rings (SSSR count). The first-order valence-electron chi connectivity index (χ1n) is 4.84. The van der Waals surface area contributed by atoms with Gasteiger partial charge in [-0.25, -0.2) is 0 Å². The summed E-state index contributed by atoms with van der Waals surface area (Å²) < 4.78 is 6.38. The fourth-order valence-electron chi connectivity index (χ4n) is 1.97. The van der Waals surface area contributed by atoms with Crippen molar-refractivity contribution in [3.63, 3.8) is 0 Å². The lowest BCUT2D eigenvalue weighted by molar-refractivity contribution is 0.176. The monoisotopic (exact) mass is 255 g/mol. The molecule has 0 bridgehead atoms. The molecule has 0 fully saturated rings. The lowest BCUT2D eigenvalue weighted by Gasteiger charge is -2.26. The SMILES string of the molecule is COCC1CCNc2c(Br)cccc21. The van der Waals surface area contributed by atoms with Crippen LogP contribution in [0.25, 0.3) is 0 Å². The minimum Gasteiger partial charge on any atom is -0.384 e. The van der Waals surface area contributed by atoms with Crippen LogP contribution in [0.1, 0.15) is 17.9 Å². The van der Waals surface area contributed by atoms with Crippen molar-refractivity contribution in [3.05, 3.63) is 28.2 Å². The van der Waals surface area contributed by atoms with E-state index >= 15 is 0 Å². The predicted molar refractivity (Wildman–Crippen MR) is 61.9 cm³/mol. The van der Waals surface area contributed by atoms with Gasteiger partial charge in [-0.3, -0.25) is 0 Å². The van der Waals surface area contributed by atoms with Crippen LogP contribution in [0.5, 0.6) is 0 Å². The Kier molecular flexibility index (Phi) is 3.08. The number of hydrogen-bond acceptors (Lipinski definition) is 2. The third-order valence-electron chi connectivity index (χ3n) is 2.65. The summed E-state index contributed by atoms with van der Waals surface area (Å²) in [5.41, 5.74) is 2.60. The molecule has 1 aromatic rings. The van der Waals surface area contributed by atoms with Crippen LogP contribution in [-0.4, -0.2) is 20.3 Å². The van der Waals surface area contributed by atoms with E-state index in [0.29, 0.717) is 5.92 Å². The molecule has 1 aliphatic rings. The molecule has 1 atom stereocenters. The van der Waals surface area contributed by atoms with Crippen molar-refractivity contribution in [2.24, 2.45) is 0 Å². The quantitative estimate of drug-likeness (QED) is 0.878. The normalized spacial score (nSPS) is 20.0. The van der Waals surface area contributed by atoms with Crippen molar-refractivity contribution < 1.29 is 4.74 Å². The van der Waals surface area contributed by atoms with Crippen molar-refractivity contribution in [2.45, 2.75) is 12.3 Å². The number of hydrogen-bond donors (Lipinski definition) is 1. The summed E-state index contributed by atoms with van der Waals surface area (Å²) in [6.45, 7) is 1.84. The minimum absolute atomic E-state index is 0.536. The maximum Gasteiger partial charge on any atom is 0.0532 e. The molecule has 0 saturated carbocycles. The summed E-state index contributed by atoms with van der Waals surface area (Å²) in [7, 11) is 1.76. The van der Waals surface area contributed by atoms with Crippen molar-refractivity contribution in [3.8, 4) is 0 Å². The van der Waals surface area contributed by atoms with E-state index in [4.69, 9.17) is 4.74 Å². The van der Waals surface area contributed by atoms with Gasteiger partial charge < -0.3 is 10.1 Å². The second kappa shape index (κ2) is 4.32. The third-order valence-corrected chi connectivity index (χ3v) is 3.31. The molecule has 0 aliphatic carbocycles. The summed E-state index contributed by atoms with van der Waals surface area (Å²) in [6, 6.07) is 6.33. The number of ether oxygens (including phenoxy) is 1. The van der Waals surface area contributed by atoms with E-state index in [1.165, 1.54) is 11.3 Å². The zero-order chi connectivity index (χ0) is 9.97. The molecular formula is C11H14BrNO. The fraction of sp³-hybridized carbons (Fsp3) is 0.455. The van der Waals surface area contributed by atoms with Gasteiger partial charge in [0.2, 0.25) is 0 Å². The minimum atomic E-state index is 0.536. The Morgan fingerprint density at radius 3 is 3.21 bits per heavy atom. The number of halogens is 1. The molecule has 1 unspecified atom stereocenters. The Labute approximate surface area is 92.8 Å². The summed E-state index contributed by atoms with van der Waals surface area (Å²) in [5, 5.41) is 3.42. The van der Waals surface area contributed by atoms with Crippen LogP contribution in [0.3, 0.4) is 0 Å². The van der Waals surface area contributed by atoms with Crippen LogP contribution in [-0.2, 0) is 4.74 Å². The van der Waals surface area contributed by atoms with Gasteiger partial charge in [-0.15, -0.1) is 0 Å². The Bertz CT molecular complexity index is 327. The van der Waals surface area contributed by atoms with Crippen molar-refractivity contribution in [1.29, 1.82) is 0 Å². The first-order chi connectivity index (χ1) is 6.83. The predicted octanol–water partition coefficient (Wildman–Crippen LogP) is 2.99. The lowest BCUT2D eigenvalue weighted by Crippen LogP contribution is -2.20. The summed E-state index contributed by atoms with van der Waals surface area (Å²) in [6.07, 6.45) is 1.15. The number of methoxy groups -OCH3 is 1. The molecular weight excluding hydrogens is 242 g/mol. The van der Waals surface area contributed by atoms with Gasteiger partial charge in [0.15, 0.2) is 0 Å². The highest BCUT2D eigenvalue weighted by atomic mass is 79.9. The number of anilines is 1. The molecule has 1 heterocycles. The number of fused-ring (bicyclic) bond motifs is 1. The molecule has 1 N–H and O–H groups in total. The fourth-order valence-corrected chi connectivity index (χ4v) is 2.49. The van der Waals surface area contributed by atoms with Gasteiger partial charge in [0.25, 0.3) is 0 Å². The summed E-state index contributed by atoms with van der Waals surface area (Å²) >= 11 is 3.56. The lowest BCUT2D eigenvalue weighted by atomic mass is 9.92. The molecule has 0 aromatic heterocycles. The molecule has 0 radical (unpaired) electrons. The summed E-state index contributed by atoms with van der Waals surface area (Å²) in [4.78, 5) is 0. The Hall–Kier alpha value is -0.540. The number of benzene rings is 1. The van der Waals surface area contributed by atoms with Gasteiger partial charge in [-0.1, -0.05) is 12.1 Å². The standard InChI is InChI=1S/C11H14BrNO/c1-14-7-8-5-6-13-11-9(8)3-2-4-10(11)12/h2-4,8,13H,5-7H2,1H3. The molecule has 76 valence electrons. The van der Waals surface area contributed by atoms with Gasteiger partial charge >= 0.3 is 0 Å². The van der Waals surface area contributed by atoms with Gasteiger partial charge in [-0.05, 0) is 34.0 Å². The van der Waals surface area contributed by atoms with Crippen LogP contribution < -0.4 is 5.32 Å². The molecule has 1 aromatic carbocycles.